The monoisotopic (exact) mass is 333 g/mol. The predicted octanol–water partition coefficient (Wildman–Crippen LogP) is 3.25. The molecule has 0 aromatic heterocycles. The molecule has 0 heterocycles. The van der Waals surface area contributed by atoms with E-state index in [0.29, 0.717) is 6.42 Å². The first-order valence-corrected chi connectivity index (χ1v) is 8.61. The third kappa shape index (κ3) is 4.98. The minimum atomic E-state index is -0.490. The van der Waals surface area contributed by atoms with Crippen LogP contribution in [-0.4, -0.2) is 31.3 Å². The highest BCUT2D eigenvalue weighted by atomic mass is 16.6. The molecule has 1 aliphatic carbocycles. The van der Waals surface area contributed by atoms with E-state index in [9.17, 15) is 9.59 Å². The highest BCUT2D eigenvalue weighted by Gasteiger charge is 2.27. The van der Waals surface area contributed by atoms with Crippen LogP contribution in [-0.2, 0) is 27.1 Å². The van der Waals surface area contributed by atoms with Crippen molar-refractivity contribution < 1.29 is 19.1 Å². The standard InChI is InChI=1S/C19H27NO4/c1-4-19(2,3)17(21)23-12-11-20-18(22)24-16-10-9-14-7-5-6-8-15(14)13-16/h5-8,16H,4,9-13H2,1-3H3,(H,20,22). The lowest BCUT2D eigenvalue weighted by Gasteiger charge is -2.24. The molecule has 0 aliphatic heterocycles. The highest BCUT2D eigenvalue weighted by molar-refractivity contribution is 5.75. The number of alkyl carbamates (subject to hydrolysis) is 1. The first-order valence-electron chi connectivity index (χ1n) is 8.61. The second kappa shape index (κ2) is 8.18. The average Bonchev–Trinajstić information content (AvgIpc) is 2.58. The topological polar surface area (TPSA) is 64.6 Å². The fourth-order valence-electron chi connectivity index (χ4n) is 2.59. The van der Waals surface area contributed by atoms with E-state index in [1.165, 1.54) is 11.1 Å². The summed E-state index contributed by atoms with van der Waals surface area (Å²) in [5.41, 5.74) is 2.09. The lowest BCUT2D eigenvalue weighted by molar-refractivity contribution is -0.153. The Balaban J connectivity index is 1.67. The van der Waals surface area contributed by atoms with Crippen molar-refractivity contribution in [3.8, 4) is 0 Å². The Bertz CT molecular complexity index is 582. The number of hydrogen-bond donors (Lipinski definition) is 1. The van der Waals surface area contributed by atoms with Crippen LogP contribution in [0.4, 0.5) is 4.79 Å². The number of nitrogens with one attached hydrogen (secondary N) is 1. The van der Waals surface area contributed by atoms with E-state index in [4.69, 9.17) is 9.47 Å². The number of benzene rings is 1. The van der Waals surface area contributed by atoms with Gasteiger partial charge < -0.3 is 14.8 Å². The summed E-state index contributed by atoms with van der Waals surface area (Å²) >= 11 is 0. The normalized spacial score (nSPS) is 16.9. The van der Waals surface area contributed by atoms with Crippen molar-refractivity contribution in [1.29, 1.82) is 0 Å². The zero-order valence-corrected chi connectivity index (χ0v) is 14.8. The van der Waals surface area contributed by atoms with Gasteiger partial charge in [0.15, 0.2) is 0 Å². The van der Waals surface area contributed by atoms with Crippen LogP contribution >= 0.6 is 0 Å². The van der Waals surface area contributed by atoms with Gasteiger partial charge in [0, 0.05) is 6.42 Å². The first kappa shape index (κ1) is 18.3. The fourth-order valence-corrected chi connectivity index (χ4v) is 2.59. The summed E-state index contributed by atoms with van der Waals surface area (Å²) in [4.78, 5) is 23.7. The molecule has 0 fully saturated rings. The summed E-state index contributed by atoms with van der Waals surface area (Å²) < 4.78 is 10.6. The predicted molar refractivity (Wildman–Crippen MR) is 91.8 cm³/mol. The van der Waals surface area contributed by atoms with Gasteiger partial charge in [-0.15, -0.1) is 0 Å². The Labute approximate surface area is 143 Å². The average molecular weight is 333 g/mol. The number of esters is 1. The highest BCUT2D eigenvalue weighted by Crippen LogP contribution is 2.23. The third-order valence-corrected chi connectivity index (χ3v) is 4.62. The lowest BCUT2D eigenvalue weighted by atomic mass is 9.90. The number of ether oxygens (including phenoxy) is 2. The van der Waals surface area contributed by atoms with Crippen LogP contribution in [0.2, 0.25) is 0 Å². The molecule has 2 rings (SSSR count). The smallest absolute Gasteiger partial charge is 0.407 e. The Morgan fingerprint density at radius 3 is 2.67 bits per heavy atom. The number of aryl methyl sites for hydroxylation is 1. The fraction of sp³-hybridized carbons (Fsp3) is 0.579. The summed E-state index contributed by atoms with van der Waals surface area (Å²) in [7, 11) is 0. The molecule has 1 amide bonds. The van der Waals surface area contributed by atoms with Gasteiger partial charge in [-0.05, 0) is 44.2 Å². The number of carbonyl (C=O) groups excluding carboxylic acids is 2. The van der Waals surface area contributed by atoms with Gasteiger partial charge in [0.1, 0.15) is 12.7 Å². The Kier molecular flexibility index (Phi) is 6.23. The maximum Gasteiger partial charge on any atom is 0.407 e. The van der Waals surface area contributed by atoms with Crippen LogP contribution < -0.4 is 5.32 Å². The van der Waals surface area contributed by atoms with Crippen molar-refractivity contribution in [2.75, 3.05) is 13.2 Å². The number of amides is 1. The first-order chi connectivity index (χ1) is 11.4. The van der Waals surface area contributed by atoms with Crippen molar-refractivity contribution >= 4 is 12.1 Å². The van der Waals surface area contributed by atoms with E-state index < -0.39 is 11.5 Å². The molecule has 1 atom stereocenters. The zero-order chi connectivity index (χ0) is 17.6. The molecule has 0 saturated carbocycles. The number of fused-ring (bicyclic) bond motifs is 1. The quantitative estimate of drug-likeness (QED) is 0.641. The van der Waals surface area contributed by atoms with E-state index in [-0.39, 0.29) is 25.2 Å². The van der Waals surface area contributed by atoms with Crippen molar-refractivity contribution in [3.05, 3.63) is 35.4 Å². The van der Waals surface area contributed by atoms with E-state index in [0.717, 1.165) is 19.3 Å². The van der Waals surface area contributed by atoms with Crippen LogP contribution in [0.1, 0.15) is 44.7 Å². The van der Waals surface area contributed by atoms with Gasteiger partial charge in [0.25, 0.3) is 0 Å². The molecule has 1 aromatic carbocycles. The van der Waals surface area contributed by atoms with Crippen LogP contribution in [0.25, 0.3) is 0 Å². The van der Waals surface area contributed by atoms with Crippen molar-refractivity contribution in [3.63, 3.8) is 0 Å². The molecule has 0 bridgehead atoms. The van der Waals surface area contributed by atoms with Crippen LogP contribution in [0, 0.1) is 5.41 Å². The number of carbonyl (C=O) groups is 2. The minimum Gasteiger partial charge on any atom is -0.463 e. The summed E-state index contributed by atoms with van der Waals surface area (Å²) in [6.07, 6.45) is 2.68. The SMILES string of the molecule is CCC(C)(C)C(=O)OCCNC(=O)OC1CCc2ccccc2C1. The van der Waals surface area contributed by atoms with E-state index in [2.05, 4.69) is 17.4 Å². The van der Waals surface area contributed by atoms with Gasteiger partial charge in [-0.1, -0.05) is 31.2 Å². The van der Waals surface area contributed by atoms with Gasteiger partial charge in [-0.2, -0.15) is 0 Å². The number of hydrogen-bond acceptors (Lipinski definition) is 4. The van der Waals surface area contributed by atoms with Crippen LogP contribution in [0.15, 0.2) is 24.3 Å². The maximum absolute atomic E-state index is 11.8. The van der Waals surface area contributed by atoms with Crippen molar-refractivity contribution in [1.82, 2.24) is 5.32 Å². The van der Waals surface area contributed by atoms with Crippen molar-refractivity contribution in [2.24, 2.45) is 5.41 Å². The zero-order valence-electron chi connectivity index (χ0n) is 14.8. The molecule has 5 nitrogen and oxygen atoms in total. The molecule has 5 heteroatoms. The molecule has 1 aliphatic rings. The van der Waals surface area contributed by atoms with Crippen molar-refractivity contribution in [2.45, 2.75) is 52.6 Å². The molecule has 0 spiro atoms. The third-order valence-electron chi connectivity index (χ3n) is 4.62. The van der Waals surface area contributed by atoms with Crippen LogP contribution in [0.3, 0.4) is 0 Å². The summed E-state index contributed by atoms with van der Waals surface area (Å²) in [6, 6.07) is 8.25. The molecule has 1 unspecified atom stereocenters. The number of rotatable bonds is 6. The minimum absolute atomic E-state index is 0.0959. The Morgan fingerprint density at radius 2 is 1.96 bits per heavy atom. The molecule has 0 saturated heterocycles. The van der Waals surface area contributed by atoms with E-state index in [1.807, 2.05) is 32.9 Å². The summed E-state index contributed by atoms with van der Waals surface area (Å²) in [6.45, 7) is 6.05. The van der Waals surface area contributed by atoms with Gasteiger partial charge in [0.2, 0.25) is 0 Å². The Morgan fingerprint density at radius 1 is 1.25 bits per heavy atom. The molecular weight excluding hydrogens is 306 g/mol. The van der Waals surface area contributed by atoms with Gasteiger partial charge in [-0.25, -0.2) is 4.79 Å². The lowest BCUT2D eigenvalue weighted by Crippen LogP contribution is -2.35. The summed E-state index contributed by atoms with van der Waals surface area (Å²) in [5.74, 6) is -0.246. The molecule has 1 aromatic rings. The van der Waals surface area contributed by atoms with Gasteiger partial charge >= 0.3 is 12.1 Å². The van der Waals surface area contributed by atoms with Crippen LogP contribution in [0.5, 0.6) is 0 Å². The summed E-state index contributed by atoms with van der Waals surface area (Å²) in [5, 5.41) is 2.64. The Hall–Kier alpha value is -2.04. The molecule has 1 N–H and O–H groups in total. The largest absolute Gasteiger partial charge is 0.463 e. The maximum atomic E-state index is 11.8. The molecule has 132 valence electrons. The van der Waals surface area contributed by atoms with Gasteiger partial charge in [0.05, 0.1) is 12.0 Å². The van der Waals surface area contributed by atoms with E-state index in [1.54, 1.807) is 0 Å². The van der Waals surface area contributed by atoms with E-state index >= 15 is 0 Å². The second-order valence-corrected chi connectivity index (χ2v) is 6.84. The molecule has 24 heavy (non-hydrogen) atoms. The molecular formula is C19H27NO4. The second-order valence-electron chi connectivity index (χ2n) is 6.84. The van der Waals surface area contributed by atoms with Gasteiger partial charge in [-0.3, -0.25) is 4.79 Å². The molecule has 0 radical (unpaired) electrons.